The molecule has 1 saturated carbocycles. The minimum atomic E-state index is -0.747. The molecule has 2 N–H and O–H groups in total. The first-order valence-corrected chi connectivity index (χ1v) is 12.7. The molecule has 0 unspecified atom stereocenters. The lowest BCUT2D eigenvalue weighted by atomic mass is 9.92. The lowest BCUT2D eigenvalue weighted by molar-refractivity contribution is -0.119. The molecule has 7 nitrogen and oxygen atoms in total. The van der Waals surface area contributed by atoms with Gasteiger partial charge in [-0.3, -0.25) is 9.59 Å². The van der Waals surface area contributed by atoms with Crippen molar-refractivity contribution < 1.29 is 23.5 Å². The van der Waals surface area contributed by atoms with Crippen LogP contribution >= 0.6 is 0 Å². The van der Waals surface area contributed by atoms with Crippen LogP contribution in [0.25, 0.3) is 10.9 Å². The molecule has 0 atom stereocenters. The van der Waals surface area contributed by atoms with Gasteiger partial charge in [-0.2, -0.15) is 0 Å². The van der Waals surface area contributed by atoms with Gasteiger partial charge in [0.25, 0.3) is 0 Å². The summed E-state index contributed by atoms with van der Waals surface area (Å²) in [5.74, 6) is -0.315. The van der Waals surface area contributed by atoms with Crippen LogP contribution in [0.2, 0.25) is 0 Å². The van der Waals surface area contributed by atoms with Crippen LogP contribution in [-0.2, 0) is 27.0 Å². The van der Waals surface area contributed by atoms with Gasteiger partial charge >= 0.3 is 0 Å². The molecule has 196 valence electrons. The molecule has 3 aromatic rings. The summed E-state index contributed by atoms with van der Waals surface area (Å²) in [5, 5.41) is 6.50. The zero-order chi connectivity index (χ0) is 26.8. The van der Waals surface area contributed by atoms with Gasteiger partial charge in [0.05, 0.1) is 16.6 Å². The van der Waals surface area contributed by atoms with E-state index in [9.17, 15) is 9.59 Å². The molecule has 1 fully saturated rings. The normalized spacial score (nSPS) is 17.1. The summed E-state index contributed by atoms with van der Waals surface area (Å²) in [4.78, 5) is 24.8. The Kier molecular flexibility index (Phi) is 5.77. The van der Waals surface area contributed by atoms with E-state index >= 15 is 4.39 Å². The van der Waals surface area contributed by atoms with Gasteiger partial charge in [-0.05, 0) is 42.7 Å². The molecule has 1 aliphatic heterocycles. The van der Waals surface area contributed by atoms with E-state index in [1.54, 1.807) is 6.07 Å². The van der Waals surface area contributed by atoms with Crippen molar-refractivity contribution in [3.63, 3.8) is 0 Å². The number of nitrogens with zero attached hydrogens (tertiary/aromatic N) is 1. The summed E-state index contributed by atoms with van der Waals surface area (Å²) >= 11 is 0. The number of hydrogen-bond acceptors (Lipinski definition) is 4. The Morgan fingerprint density at radius 3 is 2.41 bits per heavy atom. The summed E-state index contributed by atoms with van der Waals surface area (Å²) in [6.07, 6.45) is 1.36. The quantitative estimate of drug-likeness (QED) is 0.469. The maximum atomic E-state index is 15.4. The SMILES string of the molecule is CC(=O)NCCn1c(C(C)(C)C)cc2cc(NC(=O)C3(c4ccc5c(c4)OC(C)(C)O5)CC3)c(F)cc21. The lowest BCUT2D eigenvalue weighted by Crippen LogP contribution is -2.29. The van der Waals surface area contributed by atoms with Gasteiger partial charge in [0.15, 0.2) is 11.5 Å². The number of carbonyl (C=O) groups is 2. The van der Waals surface area contributed by atoms with E-state index in [0.717, 1.165) is 22.2 Å². The molecule has 1 aromatic heterocycles. The average molecular weight is 508 g/mol. The number of aromatic nitrogens is 1. The van der Waals surface area contributed by atoms with Crippen molar-refractivity contribution in [2.45, 2.75) is 77.5 Å². The first-order chi connectivity index (χ1) is 17.3. The number of anilines is 1. The minimum absolute atomic E-state index is 0.106. The number of benzene rings is 2. The minimum Gasteiger partial charge on any atom is -0.449 e. The van der Waals surface area contributed by atoms with Gasteiger partial charge in [0.1, 0.15) is 5.82 Å². The van der Waals surface area contributed by atoms with Gasteiger partial charge in [0.2, 0.25) is 17.6 Å². The van der Waals surface area contributed by atoms with E-state index in [4.69, 9.17) is 9.47 Å². The Morgan fingerprint density at radius 1 is 1.05 bits per heavy atom. The summed E-state index contributed by atoms with van der Waals surface area (Å²) in [6, 6.07) is 10.8. The van der Waals surface area contributed by atoms with Crippen molar-refractivity contribution in [3.8, 4) is 11.5 Å². The zero-order valence-electron chi connectivity index (χ0n) is 22.3. The maximum Gasteiger partial charge on any atom is 0.246 e. The number of nitrogens with one attached hydrogen (secondary N) is 2. The van der Waals surface area contributed by atoms with Crippen molar-refractivity contribution in [2.75, 3.05) is 11.9 Å². The zero-order valence-corrected chi connectivity index (χ0v) is 22.3. The number of carbonyl (C=O) groups excluding carboxylic acids is 2. The second-order valence-corrected chi connectivity index (χ2v) is 11.6. The molecule has 0 radical (unpaired) electrons. The second kappa shape index (κ2) is 8.50. The van der Waals surface area contributed by atoms with E-state index in [2.05, 4.69) is 31.4 Å². The van der Waals surface area contributed by atoms with Crippen LogP contribution in [0.1, 0.15) is 65.6 Å². The van der Waals surface area contributed by atoms with E-state index in [1.807, 2.05) is 42.7 Å². The Balaban J connectivity index is 1.43. The summed E-state index contributed by atoms with van der Waals surface area (Å²) < 4.78 is 29.0. The fraction of sp³-hybridized carbons (Fsp3) is 0.448. The lowest BCUT2D eigenvalue weighted by Gasteiger charge is -2.22. The Bertz CT molecular complexity index is 1410. The Morgan fingerprint density at radius 2 is 1.76 bits per heavy atom. The molecule has 5 rings (SSSR count). The summed E-state index contributed by atoms with van der Waals surface area (Å²) in [6.45, 7) is 12.4. The standard InChI is InChI=1S/C29H34FN3O4/c1-17(34)31-11-12-33-22-16-20(30)21(13-18(22)14-25(33)27(2,3)4)32-26(35)29(9-10-29)19-7-8-23-24(15-19)37-28(5,6)36-23/h7-8,13-16H,9-12H2,1-6H3,(H,31,34)(H,32,35). The van der Waals surface area contributed by atoms with Crippen molar-refractivity contribution in [1.29, 1.82) is 0 Å². The van der Waals surface area contributed by atoms with Crippen LogP contribution in [0.5, 0.6) is 11.5 Å². The molecule has 0 bridgehead atoms. The molecular formula is C29H34FN3O4. The van der Waals surface area contributed by atoms with Crippen LogP contribution < -0.4 is 20.1 Å². The molecule has 37 heavy (non-hydrogen) atoms. The van der Waals surface area contributed by atoms with E-state index < -0.39 is 17.0 Å². The number of rotatable bonds is 6. The van der Waals surface area contributed by atoms with Gasteiger partial charge < -0.3 is 24.7 Å². The molecule has 2 amide bonds. The van der Waals surface area contributed by atoms with E-state index in [-0.39, 0.29) is 22.9 Å². The molecular weight excluding hydrogens is 473 g/mol. The van der Waals surface area contributed by atoms with Crippen LogP contribution in [-0.4, -0.2) is 28.7 Å². The van der Waals surface area contributed by atoms with Crippen molar-refractivity contribution in [2.24, 2.45) is 0 Å². The van der Waals surface area contributed by atoms with E-state index in [0.29, 0.717) is 37.4 Å². The third kappa shape index (κ3) is 4.65. The predicted octanol–water partition coefficient (Wildman–Crippen LogP) is 5.39. The number of ether oxygens (including phenoxy) is 2. The summed E-state index contributed by atoms with van der Waals surface area (Å²) in [7, 11) is 0. The van der Waals surface area contributed by atoms with Crippen molar-refractivity contribution in [1.82, 2.24) is 9.88 Å². The van der Waals surface area contributed by atoms with Crippen LogP contribution in [0, 0.1) is 5.82 Å². The number of hydrogen-bond donors (Lipinski definition) is 2. The molecule has 0 saturated heterocycles. The highest BCUT2D eigenvalue weighted by atomic mass is 19.1. The predicted molar refractivity (Wildman–Crippen MR) is 141 cm³/mol. The van der Waals surface area contributed by atoms with Gasteiger partial charge in [-0.25, -0.2) is 4.39 Å². The second-order valence-electron chi connectivity index (χ2n) is 11.6. The highest BCUT2D eigenvalue weighted by Crippen LogP contribution is 2.52. The first kappa shape index (κ1) is 25.1. The van der Waals surface area contributed by atoms with Crippen molar-refractivity contribution in [3.05, 3.63) is 53.5 Å². The number of halogens is 1. The highest BCUT2D eigenvalue weighted by Gasteiger charge is 2.52. The molecule has 2 heterocycles. The first-order valence-electron chi connectivity index (χ1n) is 12.7. The molecule has 0 spiro atoms. The number of amides is 2. The number of fused-ring (bicyclic) bond motifs is 2. The van der Waals surface area contributed by atoms with Crippen LogP contribution in [0.15, 0.2) is 36.4 Å². The smallest absolute Gasteiger partial charge is 0.246 e. The fourth-order valence-electron chi connectivity index (χ4n) is 5.12. The van der Waals surface area contributed by atoms with Crippen molar-refractivity contribution >= 4 is 28.4 Å². The molecule has 2 aromatic carbocycles. The maximum absolute atomic E-state index is 15.4. The summed E-state index contributed by atoms with van der Waals surface area (Å²) in [5.41, 5.74) is 1.84. The molecule has 2 aliphatic rings. The third-order valence-corrected chi connectivity index (χ3v) is 7.11. The van der Waals surface area contributed by atoms with E-state index in [1.165, 1.54) is 13.0 Å². The highest BCUT2D eigenvalue weighted by molar-refractivity contribution is 6.03. The molecule has 8 heteroatoms. The largest absolute Gasteiger partial charge is 0.449 e. The van der Waals surface area contributed by atoms with Crippen LogP contribution in [0.3, 0.4) is 0 Å². The fourth-order valence-corrected chi connectivity index (χ4v) is 5.12. The van der Waals surface area contributed by atoms with Crippen LogP contribution in [0.4, 0.5) is 10.1 Å². The van der Waals surface area contributed by atoms with Gasteiger partial charge in [-0.15, -0.1) is 0 Å². The Labute approximate surface area is 216 Å². The monoisotopic (exact) mass is 507 g/mol. The average Bonchev–Trinajstić information content (AvgIpc) is 3.43. The Hall–Kier alpha value is -3.55. The van der Waals surface area contributed by atoms with Gasteiger partial charge in [-0.1, -0.05) is 26.8 Å². The van der Waals surface area contributed by atoms with Gasteiger partial charge in [0, 0.05) is 56.4 Å². The molecule has 1 aliphatic carbocycles. The third-order valence-electron chi connectivity index (χ3n) is 7.11. The topological polar surface area (TPSA) is 81.6 Å².